The SMILES string of the molecule is O=C1OCCN1N1CCN(CCOc2ccc(Oc3nc4ccccc4s3)cc2)CC1. The lowest BCUT2D eigenvalue weighted by atomic mass is 10.3. The molecule has 2 aliphatic rings. The molecular formula is C22H24N4O4S. The van der Waals surface area contributed by atoms with Crippen molar-refractivity contribution in [2.75, 3.05) is 52.5 Å². The number of aromatic nitrogens is 1. The number of hydrogen-bond donors (Lipinski definition) is 0. The van der Waals surface area contributed by atoms with Gasteiger partial charge < -0.3 is 14.2 Å². The van der Waals surface area contributed by atoms with Gasteiger partial charge in [-0.1, -0.05) is 23.5 Å². The summed E-state index contributed by atoms with van der Waals surface area (Å²) in [6, 6.07) is 15.6. The molecule has 3 heterocycles. The molecule has 3 aromatic rings. The van der Waals surface area contributed by atoms with Gasteiger partial charge in [-0.15, -0.1) is 0 Å². The smallest absolute Gasteiger partial charge is 0.424 e. The number of cyclic esters (lactones) is 1. The van der Waals surface area contributed by atoms with Crippen molar-refractivity contribution in [1.29, 1.82) is 0 Å². The van der Waals surface area contributed by atoms with Crippen LogP contribution in [0.5, 0.6) is 16.7 Å². The number of hydrogen-bond acceptors (Lipinski definition) is 8. The van der Waals surface area contributed by atoms with Gasteiger partial charge in [-0.3, -0.25) is 4.90 Å². The van der Waals surface area contributed by atoms with E-state index >= 15 is 0 Å². The molecule has 2 saturated heterocycles. The highest BCUT2D eigenvalue weighted by atomic mass is 32.1. The Morgan fingerprint density at radius 3 is 2.48 bits per heavy atom. The van der Waals surface area contributed by atoms with E-state index in [4.69, 9.17) is 14.2 Å². The Morgan fingerprint density at radius 2 is 1.74 bits per heavy atom. The van der Waals surface area contributed by atoms with Crippen LogP contribution in [-0.4, -0.2) is 78.5 Å². The Labute approximate surface area is 184 Å². The highest BCUT2D eigenvalue weighted by molar-refractivity contribution is 7.20. The lowest BCUT2D eigenvalue weighted by Gasteiger charge is -2.37. The summed E-state index contributed by atoms with van der Waals surface area (Å²) < 4.78 is 17.9. The van der Waals surface area contributed by atoms with E-state index in [1.165, 1.54) is 11.3 Å². The van der Waals surface area contributed by atoms with Crippen LogP contribution in [0.15, 0.2) is 48.5 Å². The minimum atomic E-state index is -0.229. The van der Waals surface area contributed by atoms with Crippen LogP contribution in [0.3, 0.4) is 0 Å². The highest BCUT2D eigenvalue weighted by Gasteiger charge is 2.30. The van der Waals surface area contributed by atoms with E-state index in [0.717, 1.165) is 54.4 Å². The van der Waals surface area contributed by atoms with Gasteiger partial charge in [0, 0.05) is 32.7 Å². The molecule has 2 aromatic carbocycles. The quantitative estimate of drug-likeness (QED) is 0.557. The van der Waals surface area contributed by atoms with Crippen molar-refractivity contribution in [2.24, 2.45) is 0 Å². The summed E-state index contributed by atoms with van der Waals surface area (Å²) in [6.07, 6.45) is -0.229. The van der Waals surface area contributed by atoms with Crippen LogP contribution in [-0.2, 0) is 4.74 Å². The Morgan fingerprint density at radius 1 is 0.968 bits per heavy atom. The zero-order valence-electron chi connectivity index (χ0n) is 17.1. The normalized spacial score (nSPS) is 17.8. The van der Waals surface area contributed by atoms with Crippen molar-refractivity contribution in [2.45, 2.75) is 0 Å². The zero-order chi connectivity index (χ0) is 21.0. The molecule has 2 aliphatic heterocycles. The number of piperazine rings is 1. The minimum absolute atomic E-state index is 0.229. The number of ether oxygens (including phenoxy) is 3. The number of rotatable bonds is 7. The predicted molar refractivity (Wildman–Crippen MR) is 118 cm³/mol. The van der Waals surface area contributed by atoms with Gasteiger partial charge in [0.15, 0.2) is 0 Å². The molecule has 1 aromatic heterocycles. The third-order valence-electron chi connectivity index (χ3n) is 5.41. The molecule has 0 atom stereocenters. The third-order valence-corrected chi connectivity index (χ3v) is 6.32. The predicted octanol–water partition coefficient (Wildman–Crippen LogP) is 3.45. The number of carbonyl (C=O) groups is 1. The van der Waals surface area contributed by atoms with Crippen molar-refractivity contribution in [3.8, 4) is 16.7 Å². The van der Waals surface area contributed by atoms with Crippen LogP contribution < -0.4 is 9.47 Å². The Balaban J connectivity index is 1.06. The molecule has 2 fully saturated rings. The molecule has 0 radical (unpaired) electrons. The first-order valence-corrected chi connectivity index (χ1v) is 11.2. The van der Waals surface area contributed by atoms with Crippen LogP contribution in [0.25, 0.3) is 10.2 Å². The summed E-state index contributed by atoms with van der Waals surface area (Å²) in [7, 11) is 0. The average Bonchev–Trinajstić information content (AvgIpc) is 3.41. The molecule has 0 bridgehead atoms. The monoisotopic (exact) mass is 440 g/mol. The number of thiazole rings is 1. The van der Waals surface area contributed by atoms with Crippen LogP contribution in [0.4, 0.5) is 4.79 Å². The molecule has 0 unspecified atom stereocenters. The zero-order valence-corrected chi connectivity index (χ0v) is 17.9. The van der Waals surface area contributed by atoms with E-state index in [-0.39, 0.29) is 6.09 Å². The van der Waals surface area contributed by atoms with E-state index < -0.39 is 0 Å². The summed E-state index contributed by atoms with van der Waals surface area (Å²) >= 11 is 1.53. The van der Waals surface area contributed by atoms with Gasteiger partial charge in [0.1, 0.15) is 24.7 Å². The molecule has 162 valence electrons. The van der Waals surface area contributed by atoms with Crippen molar-refractivity contribution >= 4 is 27.6 Å². The highest BCUT2D eigenvalue weighted by Crippen LogP contribution is 2.31. The fraction of sp³-hybridized carbons (Fsp3) is 0.364. The number of para-hydroxylation sites is 1. The summed E-state index contributed by atoms with van der Waals surface area (Å²) in [5.41, 5.74) is 0.948. The fourth-order valence-corrected chi connectivity index (χ4v) is 4.57. The topological polar surface area (TPSA) is 67.4 Å². The molecule has 0 aliphatic carbocycles. The first-order chi connectivity index (χ1) is 15.2. The number of amides is 1. The molecular weight excluding hydrogens is 416 g/mol. The van der Waals surface area contributed by atoms with Gasteiger partial charge in [0.2, 0.25) is 0 Å². The van der Waals surface area contributed by atoms with Gasteiger partial charge in [0.25, 0.3) is 5.19 Å². The van der Waals surface area contributed by atoms with Crippen LogP contribution in [0, 0.1) is 0 Å². The van der Waals surface area contributed by atoms with Gasteiger partial charge >= 0.3 is 6.09 Å². The summed E-state index contributed by atoms with van der Waals surface area (Å²) in [5.74, 6) is 1.55. The lowest BCUT2D eigenvalue weighted by molar-refractivity contribution is -0.0174. The minimum Gasteiger partial charge on any atom is -0.492 e. The molecule has 5 rings (SSSR count). The maximum absolute atomic E-state index is 11.7. The van der Waals surface area contributed by atoms with Crippen LogP contribution >= 0.6 is 11.3 Å². The van der Waals surface area contributed by atoms with Gasteiger partial charge in [-0.25, -0.2) is 19.8 Å². The van der Waals surface area contributed by atoms with E-state index in [1.807, 2.05) is 48.5 Å². The van der Waals surface area contributed by atoms with E-state index in [2.05, 4.69) is 14.9 Å². The Hall–Kier alpha value is -2.88. The number of nitrogens with zero attached hydrogens (tertiary/aromatic N) is 4. The number of hydrazine groups is 1. The van der Waals surface area contributed by atoms with E-state index in [9.17, 15) is 4.79 Å². The van der Waals surface area contributed by atoms with Crippen LogP contribution in [0.2, 0.25) is 0 Å². The lowest BCUT2D eigenvalue weighted by Crippen LogP contribution is -2.54. The molecule has 0 N–H and O–H groups in total. The molecule has 8 nitrogen and oxygen atoms in total. The molecule has 0 saturated carbocycles. The maximum Gasteiger partial charge on any atom is 0.424 e. The van der Waals surface area contributed by atoms with Crippen molar-refractivity contribution in [1.82, 2.24) is 19.9 Å². The van der Waals surface area contributed by atoms with E-state index in [1.54, 1.807) is 5.01 Å². The summed E-state index contributed by atoms with van der Waals surface area (Å²) in [5, 5.41) is 4.43. The summed E-state index contributed by atoms with van der Waals surface area (Å²) in [6.45, 7) is 6.06. The maximum atomic E-state index is 11.7. The van der Waals surface area contributed by atoms with Gasteiger partial charge in [-0.05, 0) is 36.4 Å². The largest absolute Gasteiger partial charge is 0.492 e. The first kappa shape index (κ1) is 20.0. The van der Waals surface area contributed by atoms with Crippen molar-refractivity contribution < 1.29 is 19.0 Å². The molecule has 1 amide bonds. The second-order valence-corrected chi connectivity index (χ2v) is 8.40. The second kappa shape index (κ2) is 9.09. The average molecular weight is 441 g/mol. The Bertz CT molecular complexity index is 1000. The van der Waals surface area contributed by atoms with Gasteiger partial charge in [-0.2, -0.15) is 0 Å². The fourth-order valence-electron chi connectivity index (χ4n) is 3.74. The molecule has 31 heavy (non-hydrogen) atoms. The first-order valence-electron chi connectivity index (χ1n) is 10.4. The van der Waals surface area contributed by atoms with Crippen LogP contribution in [0.1, 0.15) is 0 Å². The van der Waals surface area contributed by atoms with Crippen molar-refractivity contribution in [3.05, 3.63) is 48.5 Å². The number of fused-ring (bicyclic) bond motifs is 1. The van der Waals surface area contributed by atoms with Gasteiger partial charge in [0.05, 0.1) is 16.8 Å². The second-order valence-electron chi connectivity index (χ2n) is 7.40. The molecule has 0 spiro atoms. The number of benzene rings is 2. The third kappa shape index (κ3) is 4.73. The van der Waals surface area contributed by atoms with Crippen molar-refractivity contribution in [3.63, 3.8) is 0 Å². The summed E-state index contributed by atoms with van der Waals surface area (Å²) in [4.78, 5) is 18.5. The Kier molecular flexibility index (Phi) is 5.88. The standard InChI is InChI=1S/C22H24N4O4S/c27-22-26(14-16-29-22)25-11-9-24(10-12-25)13-15-28-17-5-7-18(8-6-17)30-21-23-19-3-1-2-4-20(19)31-21/h1-8H,9-16H2. The molecule has 9 heteroatoms. The van der Waals surface area contributed by atoms with E-state index in [0.29, 0.717) is 25.0 Å². The number of carbonyl (C=O) groups excluding carboxylic acids is 1.